The van der Waals surface area contributed by atoms with Crippen LogP contribution in [-0.2, 0) is 20.9 Å². The normalized spacial score (nSPS) is 17.3. The molecule has 0 radical (unpaired) electrons. The Kier molecular flexibility index (Phi) is 5.35. The molecule has 1 saturated heterocycles. The van der Waals surface area contributed by atoms with Crippen molar-refractivity contribution in [3.05, 3.63) is 40.4 Å². The number of amides is 1. The molecule has 138 valence electrons. The van der Waals surface area contributed by atoms with E-state index in [2.05, 4.69) is 4.98 Å². The van der Waals surface area contributed by atoms with Gasteiger partial charge >= 0.3 is 5.97 Å². The zero-order valence-corrected chi connectivity index (χ0v) is 15.1. The smallest absolute Gasteiger partial charge is 0.310 e. The van der Waals surface area contributed by atoms with Crippen LogP contribution in [0.1, 0.15) is 25.6 Å². The Hall–Kier alpha value is -2.70. The van der Waals surface area contributed by atoms with E-state index in [1.165, 1.54) is 4.57 Å². The van der Waals surface area contributed by atoms with Gasteiger partial charge in [-0.05, 0) is 38.8 Å². The molecule has 2 heterocycles. The summed E-state index contributed by atoms with van der Waals surface area (Å²) in [6, 6.07) is 7.10. The Morgan fingerprint density at radius 3 is 2.85 bits per heavy atom. The number of benzene rings is 1. The molecule has 7 heteroatoms. The van der Waals surface area contributed by atoms with Crippen LogP contribution in [0.15, 0.2) is 29.1 Å². The van der Waals surface area contributed by atoms with Crippen molar-refractivity contribution in [2.24, 2.45) is 5.92 Å². The van der Waals surface area contributed by atoms with Crippen molar-refractivity contribution in [2.75, 3.05) is 19.7 Å². The van der Waals surface area contributed by atoms with Gasteiger partial charge in [-0.15, -0.1) is 0 Å². The van der Waals surface area contributed by atoms with E-state index in [9.17, 15) is 14.4 Å². The third-order valence-electron chi connectivity index (χ3n) is 4.74. The van der Waals surface area contributed by atoms with Gasteiger partial charge in [-0.1, -0.05) is 12.1 Å². The monoisotopic (exact) mass is 357 g/mol. The van der Waals surface area contributed by atoms with Crippen LogP contribution < -0.4 is 5.56 Å². The first-order valence-electron chi connectivity index (χ1n) is 8.92. The molecule has 0 saturated carbocycles. The first kappa shape index (κ1) is 18.1. The van der Waals surface area contributed by atoms with Crippen molar-refractivity contribution in [2.45, 2.75) is 33.2 Å². The van der Waals surface area contributed by atoms with E-state index < -0.39 is 0 Å². The molecule has 1 aromatic heterocycles. The van der Waals surface area contributed by atoms with Gasteiger partial charge in [-0.3, -0.25) is 19.0 Å². The predicted octanol–water partition coefficient (Wildman–Crippen LogP) is 1.51. The Labute approximate surface area is 151 Å². The van der Waals surface area contributed by atoms with Crippen LogP contribution in [0.2, 0.25) is 0 Å². The molecule has 0 bridgehead atoms. The minimum Gasteiger partial charge on any atom is -0.466 e. The molecule has 1 fully saturated rings. The quantitative estimate of drug-likeness (QED) is 0.775. The summed E-state index contributed by atoms with van der Waals surface area (Å²) in [5.74, 6) is -0.229. The van der Waals surface area contributed by atoms with Crippen molar-refractivity contribution < 1.29 is 14.3 Å². The van der Waals surface area contributed by atoms with Crippen molar-refractivity contribution in [3.8, 4) is 0 Å². The van der Waals surface area contributed by atoms with Crippen LogP contribution in [0, 0.1) is 12.8 Å². The summed E-state index contributed by atoms with van der Waals surface area (Å²) in [5, 5.41) is 0.494. The molecule has 1 aromatic carbocycles. The number of aryl methyl sites for hydroxylation is 1. The number of fused-ring (bicyclic) bond motifs is 1. The lowest BCUT2D eigenvalue weighted by atomic mass is 9.98. The van der Waals surface area contributed by atoms with Crippen molar-refractivity contribution in [1.82, 2.24) is 14.5 Å². The van der Waals surface area contributed by atoms with Crippen LogP contribution in [0.3, 0.4) is 0 Å². The summed E-state index contributed by atoms with van der Waals surface area (Å²) >= 11 is 0. The Bertz CT molecular complexity index is 890. The van der Waals surface area contributed by atoms with Crippen molar-refractivity contribution in [1.29, 1.82) is 0 Å². The van der Waals surface area contributed by atoms with Gasteiger partial charge in [0.05, 0.1) is 23.4 Å². The zero-order chi connectivity index (χ0) is 18.7. The number of nitrogens with zero attached hydrogens (tertiary/aromatic N) is 3. The molecule has 2 aromatic rings. The number of likely N-dealkylation sites (tertiary alicyclic amines) is 1. The lowest BCUT2D eigenvalue weighted by Crippen LogP contribution is -2.45. The van der Waals surface area contributed by atoms with Gasteiger partial charge in [0.1, 0.15) is 12.4 Å². The Morgan fingerprint density at radius 2 is 2.08 bits per heavy atom. The van der Waals surface area contributed by atoms with Crippen molar-refractivity contribution in [3.63, 3.8) is 0 Å². The summed E-state index contributed by atoms with van der Waals surface area (Å²) in [6.07, 6.45) is 1.47. The van der Waals surface area contributed by atoms with E-state index in [-0.39, 0.29) is 29.9 Å². The average molecular weight is 357 g/mol. The van der Waals surface area contributed by atoms with Gasteiger partial charge in [0, 0.05) is 13.1 Å². The van der Waals surface area contributed by atoms with Crippen LogP contribution in [0.4, 0.5) is 0 Å². The largest absolute Gasteiger partial charge is 0.466 e. The van der Waals surface area contributed by atoms with Gasteiger partial charge in [0.15, 0.2) is 0 Å². The molecule has 0 spiro atoms. The molecule has 26 heavy (non-hydrogen) atoms. The number of ether oxygens (including phenoxy) is 1. The second-order valence-corrected chi connectivity index (χ2v) is 6.50. The van der Waals surface area contributed by atoms with E-state index in [1.54, 1.807) is 36.9 Å². The summed E-state index contributed by atoms with van der Waals surface area (Å²) in [4.78, 5) is 43.4. The zero-order valence-electron chi connectivity index (χ0n) is 15.1. The molecule has 3 rings (SSSR count). The number of hydrogen-bond acceptors (Lipinski definition) is 5. The second-order valence-electron chi connectivity index (χ2n) is 6.50. The number of carbonyl (C=O) groups is 2. The third kappa shape index (κ3) is 3.61. The number of carbonyl (C=O) groups excluding carboxylic acids is 2. The van der Waals surface area contributed by atoms with Gasteiger partial charge in [0.25, 0.3) is 5.56 Å². The summed E-state index contributed by atoms with van der Waals surface area (Å²) in [5.41, 5.74) is 0.402. The standard InChI is InChI=1S/C19H23N3O4/c1-3-26-19(25)14-7-6-10-21(11-14)17(23)12-22-13(2)20-16-9-5-4-8-15(16)18(22)24/h4-5,8-9,14H,3,6-7,10-12H2,1-2H3/t14-/m1/s1. The van der Waals surface area contributed by atoms with Gasteiger partial charge in [-0.2, -0.15) is 0 Å². The molecule has 1 amide bonds. The van der Waals surface area contributed by atoms with Gasteiger partial charge < -0.3 is 9.64 Å². The van der Waals surface area contributed by atoms with E-state index in [4.69, 9.17) is 4.74 Å². The van der Waals surface area contributed by atoms with E-state index in [1.807, 2.05) is 6.07 Å². The van der Waals surface area contributed by atoms with Crippen molar-refractivity contribution >= 4 is 22.8 Å². The molecule has 0 unspecified atom stereocenters. The number of esters is 1. The van der Waals surface area contributed by atoms with Gasteiger partial charge in [-0.25, -0.2) is 4.98 Å². The maximum absolute atomic E-state index is 12.7. The number of aromatic nitrogens is 2. The number of piperidine rings is 1. The van der Waals surface area contributed by atoms with Gasteiger partial charge in [0.2, 0.25) is 5.91 Å². The Balaban J connectivity index is 1.79. The maximum Gasteiger partial charge on any atom is 0.310 e. The molecule has 7 nitrogen and oxygen atoms in total. The summed E-state index contributed by atoms with van der Waals surface area (Å²) < 4.78 is 6.47. The average Bonchev–Trinajstić information content (AvgIpc) is 2.65. The van der Waals surface area contributed by atoms with Crippen LogP contribution in [0.25, 0.3) is 10.9 Å². The van der Waals surface area contributed by atoms with Crippen LogP contribution in [0.5, 0.6) is 0 Å². The highest BCUT2D eigenvalue weighted by Crippen LogP contribution is 2.18. The minimum absolute atomic E-state index is 0.0714. The molecule has 0 N–H and O–H groups in total. The summed E-state index contributed by atoms with van der Waals surface area (Å²) in [7, 11) is 0. The third-order valence-corrected chi connectivity index (χ3v) is 4.74. The lowest BCUT2D eigenvalue weighted by molar-refractivity contribution is -0.151. The van der Waals surface area contributed by atoms with Crippen LogP contribution >= 0.6 is 0 Å². The highest BCUT2D eigenvalue weighted by Gasteiger charge is 2.29. The van der Waals surface area contributed by atoms with E-state index in [0.717, 1.165) is 12.8 Å². The maximum atomic E-state index is 12.7. The second kappa shape index (κ2) is 7.68. The molecular formula is C19H23N3O4. The first-order valence-corrected chi connectivity index (χ1v) is 8.92. The molecule has 1 aliphatic heterocycles. The van der Waals surface area contributed by atoms with E-state index >= 15 is 0 Å². The predicted molar refractivity (Wildman–Crippen MR) is 96.7 cm³/mol. The molecule has 1 aliphatic rings. The minimum atomic E-state index is -0.291. The lowest BCUT2D eigenvalue weighted by Gasteiger charge is -2.31. The molecule has 1 atom stereocenters. The Morgan fingerprint density at radius 1 is 1.31 bits per heavy atom. The highest BCUT2D eigenvalue weighted by molar-refractivity contribution is 5.80. The fraction of sp³-hybridized carbons (Fsp3) is 0.474. The number of hydrogen-bond donors (Lipinski definition) is 0. The highest BCUT2D eigenvalue weighted by atomic mass is 16.5. The topological polar surface area (TPSA) is 81.5 Å². The van der Waals surface area contributed by atoms with E-state index in [0.29, 0.717) is 36.4 Å². The summed E-state index contributed by atoms with van der Waals surface area (Å²) in [6.45, 7) is 4.68. The SMILES string of the molecule is CCOC(=O)[C@@H]1CCCN(C(=O)Cn2c(C)nc3ccccc3c2=O)C1. The number of para-hydroxylation sites is 1. The molecule has 0 aliphatic carbocycles. The molecular weight excluding hydrogens is 334 g/mol. The fourth-order valence-electron chi connectivity index (χ4n) is 3.36. The fourth-order valence-corrected chi connectivity index (χ4v) is 3.36. The van der Waals surface area contributed by atoms with Crippen LogP contribution in [-0.4, -0.2) is 46.0 Å². The number of rotatable bonds is 4. The first-order chi connectivity index (χ1) is 12.5.